The maximum absolute atomic E-state index is 12.0. The molecule has 2 amide bonds. The Kier molecular flexibility index (Phi) is 4.71. The molecule has 0 aliphatic carbocycles. The van der Waals surface area contributed by atoms with E-state index in [1.807, 2.05) is 0 Å². The van der Waals surface area contributed by atoms with E-state index in [1.165, 1.54) is 25.1 Å². The van der Waals surface area contributed by atoms with Crippen LogP contribution in [0.4, 0.5) is 0 Å². The highest BCUT2D eigenvalue weighted by Gasteiger charge is 2.36. The van der Waals surface area contributed by atoms with E-state index in [-0.39, 0.29) is 18.8 Å². The minimum Gasteiger partial charge on any atom is -0.472 e. The molecular weight excluding hydrogens is 328 g/mol. The van der Waals surface area contributed by atoms with Crippen molar-refractivity contribution >= 4 is 11.8 Å². The summed E-state index contributed by atoms with van der Waals surface area (Å²) < 4.78 is 15.3. The third kappa shape index (κ3) is 3.64. The van der Waals surface area contributed by atoms with Gasteiger partial charge in [0, 0.05) is 5.56 Å². The summed E-state index contributed by atoms with van der Waals surface area (Å²) in [4.78, 5) is 23.8. The van der Waals surface area contributed by atoms with Crippen molar-refractivity contribution in [2.45, 2.75) is 12.1 Å². The van der Waals surface area contributed by atoms with Crippen molar-refractivity contribution in [3.8, 4) is 0 Å². The maximum Gasteiger partial charge on any atom is 0.309 e. The summed E-state index contributed by atoms with van der Waals surface area (Å²) in [6, 6.07) is 8.07. The third-order valence-corrected chi connectivity index (χ3v) is 3.64. The summed E-state index contributed by atoms with van der Waals surface area (Å²) in [6.45, 7) is -0.184. The van der Waals surface area contributed by atoms with Crippen molar-refractivity contribution in [2.24, 2.45) is 0 Å². The van der Waals surface area contributed by atoms with E-state index in [0.717, 1.165) is 0 Å². The van der Waals surface area contributed by atoms with Crippen LogP contribution in [0, 0.1) is 0 Å². The molecule has 0 unspecified atom stereocenters. The van der Waals surface area contributed by atoms with E-state index >= 15 is 0 Å². The predicted octanol–water partition coefficient (Wildman–Crippen LogP) is 1.13. The number of aliphatic hydroxyl groups is 1. The topological polar surface area (TPSA) is 118 Å². The average molecular weight is 344 g/mol. The fraction of sp³-hybridized carbons (Fsp3) is 0.176. The first-order valence-corrected chi connectivity index (χ1v) is 7.47. The minimum absolute atomic E-state index is 0.0867. The highest BCUT2D eigenvalue weighted by Crippen LogP contribution is 2.29. The number of hydrogen-bond donors (Lipinski definition) is 3. The lowest BCUT2D eigenvalue weighted by Crippen LogP contribution is -2.46. The van der Waals surface area contributed by atoms with Crippen molar-refractivity contribution in [1.29, 1.82) is 0 Å². The summed E-state index contributed by atoms with van der Waals surface area (Å²) in [5.41, 5.74) is -1.27. The monoisotopic (exact) mass is 344 g/mol. The summed E-state index contributed by atoms with van der Waals surface area (Å²) >= 11 is 0. The zero-order valence-corrected chi connectivity index (χ0v) is 13.1. The molecular formula is C17H16N2O6. The van der Waals surface area contributed by atoms with Crippen LogP contribution >= 0.6 is 0 Å². The fourth-order valence-electron chi connectivity index (χ4n) is 2.29. The molecule has 3 aromatic rings. The van der Waals surface area contributed by atoms with Gasteiger partial charge in [0.1, 0.15) is 11.5 Å². The molecule has 0 saturated carbocycles. The number of carbonyl (C=O) groups excluding carboxylic acids is 2. The fourth-order valence-corrected chi connectivity index (χ4v) is 2.29. The lowest BCUT2D eigenvalue weighted by Gasteiger charge is -2.25. The van der Waals surface area contributed by atoms with Crippen LogP contribution < -0.4 is 10.6 Å². The molecule has 3 rings (SSSR count). The second kappa shape index (κ2) is 7.10. The molecule has 0 saturated heterocycles. The average Bonchev–Trinajstić information content (AvgIpc) is 3.38. The number of furan rings is 3. The molecule has 0 spiro atoms. The second-order valence-corrected chi connectivity index (χ2v) is 5.29. The van der Waals surface area contributed by atoms with Gasteiger partial charge in [-0.15, -0.1) is 0 Å². The summed E-state index contributed by atoms with van der Waals surface area (Å²) in [5.74, 6) is -0.998. The lowest BCUT2D eigenvalue weighted by molar-refractivity contribution is -0.139. The van der Waals surface area contributed by atoms with Crippen molar-refractivity contribution in [3.63, 3.8) is 0 Å². The molecule has 130 valence electrons. The molecule has 25 heavy (non-hydrogen) atoms. The Morgan fingerprint density at radius 3 is 2.40 bits per heavy atom. The predicted molar refractivity (Wildman–Crippen MR) is 84.0 cm³/mol. The van der Waals surface area contributed by atoms with Gasteiger partial charge < -0.3 is 29.0 Å². The number of amides is 2. The standard InChI is InChI=1S/C17H16N2O6/c20-15(18-9-13-3-1-6-24-13)16(21)19-11-17(22,12-5-8-23-10-12)14-4-2-7-25-14/h1-8,10,22H,9,11H2,(H,18,20)(H,19,21)/t17-/m1/s1. The van der Waals surface area contributed by atoms with Gasteiger partial charge >= 0.3 is 11.8 Å². The first kappa shape index (κ1) is 16.6. The second-order valence-electron chi connectivity index (χ2n) is 5.29. The SMILES string of the molecule is O=C(NCc1ccco1)C(=O)NC[C@@](O)(c1ccoc1)c1ccco1. The van der Waals surface area contributed by atoms with Gasteiger partial charge in [-0.25, -0.2) is 0 Å². The van der Waals surface area contributed by atoms with Crippen LogP contribution in [0.15, 0.2) is 68.6 Å². The van der Waals surface area contributed by atoms with Crippen LogP contribution in [0.5, 0.6) is 0 Å². The Morgan fingerprint density at radius 2 is 1.76 bits per heavy atom. The van der Waals surface area contributed by atoms with E-state index in [1.54, 1.807) is 30.3 Å². The van der Waals surface area contributed by atoms with Gasteiger partial charge in [0.15, 0.2) is 5.60 Å². The van der Waals surface area contributed by atoms with Gasteiger partial charge in [-0.3, -0.25) is 9.59 Å². The zero-order chi connectivity index (χ0) is 17.7. The van der Waals surface area contributed by atoms with E-state index in [2.05, 4.69) is 10.6 Å². The van der Waals surface area contributed by atoms with E-state index in [9.17, 15) is 14.7 Å². The number of nitrogens with one attached hydrogen (secondary N) is 2. The van der Waals surface area contributed by atoms with Gasteiger partial charge in [0.2, 0.25) is 0 Å². The molecule has 0 fully saturated rings. The molecule has 0 radical (unpaired) electrons. The van der Waals surface area contributed by atoms with Gasteiger partial charge in [0.25, 0.3) is 0 Å². The summed E-state index contributed by atoms with van der Waals surface area (Å²) in [6.07, 6.45) is 5.60. The molecule has 8 heteroatoms. The summed E-state index contributed by atoms with van der Waals surface area (Å²) in [5, 5.41) is 15.7. The van der Waals surface area contributed by atoms with Crippen molar-refractivity contribution in [2.75, 3.05) is 6.54 Å². The van der Waals surface area contributed by atoms with Crippen LogP contribution in [-0.4, -0.2) is 23.5 Å². The minimum atomic E-state index is -1.66. The first-order valence-electron chi connectivity index (χ1n) is 7.47. The first-order chi connectivity index (χ1) is 12.1. The Morgan fingerprint density at radius 1 is 1.00 bits per heavy atom. The Bertz CT molecular complexity index is 771. The Hall–Kier alpha value is -3.26. The molecule has 3 aromatic heterocycles. The highest BCUT2D eigenvalue weighted by molar-refractivity contribution is 6.35. The van der Waals surface area contributed by atoms with Crippen molar-refractivity contribution in [1.82, 2.24) is 10.6 Å². The van der Waals surface area contributed by atoms with Crippen LogP contribution in [0.1, 0.15) is 17.1 Å². The molecule has 3 heterocycles. The van der Waals surface area contributed by atoms with Crippen LogP contribution in [-0.2, 0) is 21.7 Å². The highest BCUT2D eigenvalue weighted by atomic mass is 16.4. The maximum atomic E-state index is 12.0. The van der Waals surface area contributed by atoms with Gasteiger partial charge in [-0.1, -0.05) is 0 Å². The smallest absolute Gasteiger partial charge is 0.309 e. The molecule has 8 nitrogen and oxygen atoms in total. The van der Waals surface area contributed by atoms with E-state index in [4.69, 9.17) is 13.3 Å². The molecule has 0 bridgehead atoms. The van der Waals surface area contributed by atoms with Gasteiger partial charge in [-0.05, 0) is 30.3 Å². The van der Waals surface area contributed by atoms with Gasteiger partial charge in [-0.2, -0.15) is 0 Å². The number of hydrogen-bond acceptors (Lipinski definition) is 6. The molecule has 3 N–H and O–H groups in total. The molecule has 0 aliphatic rings. The number of carbonyl (C=O) groups is 2. The third-order valence-electron chi connectivity index (χ3n) is 3.64. The normalized spacial score (nSPS) is 13.2. The molecule has 0 aliphatic heterocycles. The van der Waals surface area contributed by atoms with Gasteiger partial charge in [0.05, 0.1) is 38.1 Å². The zero-order valence-electron chi connectivity index (χ0n) is 13.1. The van der Waals surface area contributed by atoms with E-state index < -0.39 is 17.4 Å². The van der Waals surface area contributed by atoms with E-state index in [0.29, 0.717) is 11.3 Å². The lowest BCUT2D eigenvalue weighted by atomic mass is 9.93. The van der Waals surface area contributed by atoms with Crippen LogP contribution in [0.3, 0.4) is 0 Å². The van der Waals surface area contributed by atoms with Crippen molar-refractivity contribution < 1.29 is 27.9 Å². The Labute approximate surface area is 142 Å². The Balaban J connectivity index is 1.63. The largest absolute Gasteiger partial charge is 0.472 e. The summed E-state index contributed by atoms with van der Waals surface area (Å²) in [7, 11) is 0. The number of rotatable bonds is 6. The quantitative estimate of drug-likeness (QED) is 0.577. The molecule has 0 aromatic carbocycles. The molecule has 1 atom stereocenters. The van der Waals surface area contributed by atoms with Crippen molar-refractivity contribution in [3.05, 3.63) is 72.5 Å². The van der Waals surface area contributed by atoms with Crippen LogP contribution in [0.25, 0.3) is 0 Å². The van der Waals surface area contributed by atoms with Crippen LogP contribution in [0.2, 0.25) is 0 Å².